The molecule has 2 amide bonds. The number of carbonyl (C=O) groups is 3. The number of rotatable bonds is 3. The molecule has 1 aromatic heterocycles. The van der Waals surface area contributed by atoms with E-state index in [0.717, 1.165) is 22.9 Å². The van der Waals surface area contributed by atoms with Crippen molar-refractivity contribution in [3.63, 3.8) is 0 Å². The highest BCUT2D eigenvalue weighted by Gasteiger charge is 2.39. The van der Waals surface area contributed by atoms with E-state index < -0.39 is 29.4 Å². The Balaban J connectivity index is 1.57. The molecule has 0 bridgehead atoms. The molecule has 27 heavy (non-hydrogen) atoms. The first-order valence-corrected chi connectivity index (χ1v) is 7.67. The van der Waals surface area contributed by atoms with Crippen LogP contribution in [0.15, 0.2) is 54.7 Å². The number of hydroxylamine groups is 2. The first-order chi connectivity index (χ1) is 13.0. The van der Waals surface area contributed by atoms with Crippen LogP contribution in [0.5, 0.6) is 0 Å². The Morgan fingerprint density at radius 2 is 1.63 bits per heavy atom. The Kier molecular flexibility index (Phi) is 3.76. The monoisotopic (exact) mass is 369 g/mol. The van der Waals surface area contributed by atoms with Gasteiger partial charge in [0.1, 0.15) is 17.3 Å². The highest BCUT2D eigenvalue weighted by Crippen LogP contribution is 2.23. The van der Waals surface area contributed by atoms with Gasteiger partial charge in [0.15, 0.2) is 5.69 Å². The minimum atomic E-state index is -1.10. The molecule has 4 rings (SSSR count). The van der Waals surface area contributed by atoms with Gasteiger partial charge >= 0.3 is 5.97 Å². The Morgan fingerprint density at radius 1 is 0.963 bits per heavy atom. The second-order valence-electron chi connectivity index (χ2n) is 5.57. The summed E-state index contributed by atoms with van der Waals surface area (Å²) in [6.45, 7) is 0. The fourth-order valence-corrected chi connectivity index (χ4v) is 2.61. The molecule has 2 aromatic carbocycles. The number of halogens is 2. The van der Waals surface area contributed by atoms with Gasteiger partial charge in [-0.25, -0.2) is 18.3 Å². The lowest BCUT2D eigenvalue weighted by molar-refractivity contribution is -0.0588. The quantitative estimate of drug-likeness (QED) is 0.663. The molecule has 0 atom stereocenters. The largest absolute Gasteiger partial charge is 0.384 e. The Morgan fingerprint density at radius 3 is 2.30 bits per heavy atom. The van der Waals surface area contributed by atoms with Gasteiger partial charge in [-0.15, -0.1) is 0 Å². The van der Waals surface area contributed by atoms with Crippen LogP contribution in [0.3, 0.4) is 0 Å². The predicted octanol–water partition coefficient (Wildman–Crippen LogP) is 2.52. The smallest absolute Gasteiger partial charge is 0.322 e. The van der Waals surface area contributed by atoms with Crippen molar-refractivity contribution in [2.75, 3.05) is 0 Å². The average Bonchev–Trinajstić information content (AvgIpc) is 3.24. The molecule has 0 N–H and O–H groups in total. The van der Waals surface area contributed by atoms with Crippen molar-refractivity contribution in [3.8, 4) is 5.69 Å². The molecule has 0 aliphatic carbocycles. The molecular formula is C18H9F2N3O4. The van der Waals surface area contributed by atoms with Crippen LogP contribution in [0.4, 0.5) is 8.78 Å². The Bertz CT molecular complexity index is 1070. The fourth-order valence-electron chi connectivity index (χ4n) is 2.61. The highest BCUT2D eigenvalue weighted by molar-refractivity contribution is 6.21. The zero-order chi connectivity index (χ0) is 19.1. The molecule has 2 heterocycles. The van der Waals surface area contributed by atoms with E-state index in [0.29, 0.717) is 5.06 Å². The first-order valence-electron chi connectivity index (χ1n) is 7.67. The third-order valence-electron chi connectivity index (χ3n) is 3.88. The van der Waals surface area contributed by atoms with Crippen LogP contribution in [0.1, 0.15) is 31.2 Å². The maximum absolute atomic E-state index is 13.8. The van der Waals surface area contributed by atoms with E-state index in [2.05, 4.69) is 5.10 Å². The lowest BCUT2D eigenvalue weighted by atomic mass is 10.1. The number of benzene rings is 2. The number of amides is 2. The standard InChI is InChI=1S/C18H9F2N3O4/c19-10-5-6-13(20)15(9-10)22-8-7-14(21-22)18(26)27-23-16(24)11-3-1-2-4-12(11)17(23)25/h1-9H. The minimum absolute atomic E-state index is 0.114. The van der Waals surface area contributed by atoms with Crippen LogP contribution in [0, 0.1) is 11.6 Å². The summed E-state index contributed by atoms with van der Waals surface area (Å²) in [5, 5.41) is 4.15. The number of nitrogens with zero attached hydrogens (tertiary/aromatic N) is 3. The van der Waals surface area contributed by atoms with Gasteiger partial charge in [-0.1, -0.05) is 17.2 Å². The minimum Gasteiger partial charge on any atom is -0.322 e. The summed E-state index contributed by atoms with van der Waals surface area (Å²) in [5.74, 6) is -4.09. The van der Waals surface area contributed by atoms with E-state index in [1.165, 1.54) is 24.4 Å². The number of hydrogen-bond acceptors (Lipinski definition) is 5. The number of aromatic nitrogens is 2. The van der Waals surface area contributed by atoms with Gasteiger partial charge in [-0.05, 0) is 30.3 Å². The summed E-state index contributed by atoms with van der Waals surface area (Å²) in [6, 6.07) is 9.97. The van der Waals surface area contributed by atoms with Gasteiger partial charge in [0.05, 0.1) is 11.1 Å². The van der Waals surface area contributed by atoms with Gasteiger partial charge in [-0.3, -0.25) is 9.59 Å². The third kappa shape index (κ3) is 2.74. The first kappa shape index (κ1) is 16.6. The molecule has 0 fully saturated rings. The summed E-state index contributed by atoms with van der Waals surface area (Å²) >= 11 is 0. The summed E-state index contributed by atoms with van der Waals surface area (Å²) in [4.78, 5) is 41.5. The van der Waals surface area contributed by atoms with E-state index in [9.17, 15) is 23.2 Å². The second-order valence-corrected chi connectivity index (χ2v) is 5.57. The van der Waals surface area contributed by atoms with Gasteiger partial charge in [0, 0.05) is 12.3 Å². The molecule has 0 spiro atoms. The molecule has 7 nitrogen and oxygen atoms in total. The molecule has 0 unspecified atom stereocenters. The van der Waals surface area contributed by atoms with E-state index in [1.54, 1.807) is 12.1 Å². The maximum atomic E-state index is 13.8. The van der Waals surface area contributed by atoms with Crippen molar-refractivity contribution >= 4 is 17.8 Å². The zero-order valence-electron chi connectivity index (χ0n) is 13.4. The van der Waals surface area contributed by atoms with Crippen molar-refractivity contribution < 1.29 is 28.0 Å². The van der Waals surface area contributed by atoms with Gasteiger partial charge < -0.3 is 4.84 Å². The van der Waals surface area contributed by atoms with Crippen molar-refractivity contribution in [3.05, 3.63) is 83.2 Å². The summed E-state index contributed by atoms with van der Waals surface area (Å²) in [6.07, 6.45) is 1.22. The molecule has 0 saturated heterocycles. The summed E-state index contributed by atoms with van der Waals surface area (Å²) in [5.41, 5.74) is -0.282. The molecule has 0 radical (unpaired) electrons. The van der Waals surface area contributed by atoms with Gasteiger partial charge in [0.25, 0.3) is 11.8 Å². The van der Waals surface area contributed by atoms with Crippen molar-refractivity contribution in [1.82, 2.24) is 14.8 Å². The van der Waals surface area contributed by atoms with Crippen LogP contribution < -0.4 is 0 Å². The number of carbonyl (C=O) groups excluding carboxylic acids is 3. The average molecular weight is 369 g/mol. The summed E-state index contributed by atoms with van der Waals surface area (Å²) in [7, 11) is 0. The van der Waals surface area contributed by atoms with Gasteiger partial charge in [-0.2, -0.15) is 5.10 Å². The number of hydrogen-bond donors (Lipinski definition) is 0. The van der Waals surface area contributed by atoms with Crippen LogP contribution in [0.2, 0.25) is 0 Å². The third-order valence-corrected chi connectivity index (χ3v) is 3.88. The molecule has 1 aliphatic rings. The van der Waals surface area contributed by atoms with Crippen molar-refractivity contribution in [2.45, 2.75) is 0 Å². The zero-order valence-corrected chi connectivity index (χ0v) is 13.4. The van der Waals surface area contributed by atoms with Crippen LogP contribution in [-0.2, 0) is 4.84 Å². The summed E-state index contributed by atoms with van der Waals surface area (Å²) < 4.78 is 28.1. The SMILES string of the molecule is O=C(ON1C(=O)c2ccccc2C1=O)c1ccn(-c2cc(F)ccc2F)n1. The van der Waals surface area contributed by atoms with E-state index in [1.807, 2.05) is 0 Å². The second kappa shape index (κ2) is 6.13. The molecule has 0 saturated carbocycles. The lowest BCUT2D eigenvalue weighted by Crippen LogP contribution is -2.32. The number of imide groups is 1. The molecule has 3 aromatic rings. The number of fused-ring (bicyclic) bond motifs is 1. The van der Waals surface area contributed by atoms with Crippen molar-refractivity contribution in [1.29, 1.82) is 0 Å². The van der Waals surface area contributed by atoms with Crippen LogP contribution in [-0.4, -0.2) is 32.6 Å². The lowest BCUT2D eigenvalue weighted by Gasteiger charge is -2.11. The van der Waals surface area contributed by atoms with Crippen molar-refractivity contribution in [2.24, 2.45) is 0 Å². The molecular weight excluding hydrogens is 360 g/mol. The van der Waals surface area contributed by atoms with Crippen LogP contribution in [0.25, 0.3) is 5.69 Å². The van der Waals surface area contributed by atoms with Crippen LogP contribution >= 0.6 is 0 Å². The molecule has 1 aliphatic heterocycles. The normalized spacial score (nSPS) is 13.0. The Hall–Kier alpha value is -3.88. The van der Waals surface area contributed by atoms with E-state index in [-0.39, 0.29) is 22.5 Å². The highest BCUT2D eigenvalue weighted by atomic mass is 19.1. The molecule has 9 heteroatoms. The fraction of sp³-hybridized carbons (Fsp3) is 0. The van der Waals surface area contributed by atoms with Gasteiger partial charge in [0.2, 0.25) is 0 Å². The van der Waals surface area contributed by atoms with E-state index >= 15 is 0 Å². The maximum Gasteiger partial charge on any atom is 0.384 e. The predicted molar refractivity (Wildman–Crippen MR) is 85.8 cm³/mol. The van der Waals surface area contributed by atoms with E-state index in [4.69, 9.17) is 4.84 Å². The Labute approximate surface area is 150 Å². The topological polar surface area (TPSA) is 81.5 Å². The molecule has 134 valence electrons.